The smallest absolute Gasteiger partial charge is 0.319 e. The standard InChI is InChI=1S/C17H23N5O2/c1-11-4-5-14(15-13(11)10-18-20-15)19-16(23)12-6-8-22(9-7-12)17(24)21(2)3/h4-5,10,12H,6-9H2,1-3H3,(H,18,20)(H,19,23). The minimum absolute atomic E-state index is 0.00608. The van der Waals surface area contributed by atoms with Gasteiger partial charge in [0.25, 0.3) is 0 Å². The van der Waals surface area contributed by atoms with E-state index in [9.17, 15) is 9.59 Å². The van der Waals surface area contributed by atoms with Gasteiger partial charge in [-0.15, -0.1) is 0 Å². The molecule has 0 saturated carbocycles. The number of fused-ring (bicyclic) bond motifs is 1. The first-order valence-corrected chi connectivity index (χ1v) is 8.17. The van der Waals surface area contributed by atoms with Gasteiger partial charge in [-0.3, -0.25) is 9.89 Å². The Hall–Kier alpha value is -2.57. The number of hydrogen-bond donors (Lipinski definition) is 2. The number of aromatic nitrogens is 2. The van der Waals surface area contributed by atoms with E-state index in [0.717, 1.165) is 22.2 Å². The molecule has 2 aromatic rings. The molecule has 0 spiro atoms. The van der Waals surface area contributed by atoms with Crippen LogP contribution in [0.25, 0.3) is 10.9 Å². The Labute approximate surface area is 141 Å². The summed E-state index contributed by atoms with van der Waals surface area (Å²) in [4.78, 5) is 27.9. The number of aromatic amines is 1. The van der Waals surface area contributed by atoms with Crippen LogP contribution >= 0.6 is 0 Å². The summed E-state index contributed by atoms with van der Waals surface area (Å²) in [6, 6.07) is 3.89. The summed E-state index contributed by atoms with van der Waals surface area (Å²) in [5, 5.41) is 11.0. The Balaban J connectivity index is 1.65. The molecule has 24 heavy (non-hydrogen) atoms. The number of benzene rings is 1. The van der Waals surface area contributed by atoms with Crippen LogP contribution < -0.4 is 5.32 Å². The van der Waals surface area contributed by atoms with Crippen molar-refractivity contribution in [1.82, 2.24) is 20.0 Å². The van der Waals surface area contributed by atoms with E-state index >= 15 is 0 Å². The number of urea groups is 1. The van der Waals surface area contributed by atoms with Crippen molar-refractivity contribution < 1.29 is 9.59 Å². The number of hydrogen-bond acceptors (Lipinski definition) is 3. The lowest BCUT2D eigenvalue weighted by Gasteiger charge is -2.33. The fourth-order valence-electron chi connectivity index (χ4n) is 3.13. The van der Waals surface area contributed by atoms with Crippen molar-refractivity contribution in [2.45, 2.75) is 19.8 Å². The van der Waals surface area contributed by atoms with Crippen molar-refractivity contribution in [2.75, 3.05) is 32.5 Å². The maximum atomic E-state index is 12.6. The second-order valence-electron chi connectivity index (χ2n) is 6.52. The average Bonchev–Trinajstić information content (AvgIpc) is 3.07. The summed E-state index contributed by atoms with van der Waals surface area (Å²) in [6.07, 6.45) is 3.14. The average molecular weight is 329 g/mol. The number of rotatable bonds is 2. The van der Waals surface area contributed by atoms with E-state index < -0.39 is 0 Å². The lowest BCUT2D eigenvalue weighted by Crippen LogP contribution is -2.45. The third-order valence-corrected chi connectivity index (χ3v) is 4.61. The zero-order valence-electron chi connectivity index (χ0n) is 14.3. The van der Waals surface area contributed by atoms with E-state index in [2.05, 4.69) is 15.5 Å². The third-order valence-electron chi connectivity index (χ3n) is 4.61. The van der Waals surface area contributed by atoms with Crippen molar-refractivity contribution in [3.8, 4) is 0 Å². The lowest BCUT2D eigenvalue weighted by atomic mass is 9.96. The summed E-state index contributed by atoms with van der Waals surface area (Å²) >= 11 is 0. The van der Waals surface area contributed by atoms with Crippen molar-refractivity contribution in [2.24, 2.45) is 5.92 Å². The molecule has 2 heterocycles. The van der Waals surface area contributed by atoms with Gasteiger partial charge in [0.2, 0.25) is 5.91 Å². The summed E-state index contributed by atoms with van der Waals surface area (Å²) < 4.78 is 0. The van der Waals surface area contributed by atoms with Gasteiger partial charge < -0.3 is 15.1 Å². The first kappa shape index (κ1) is 16.3. The van der Waals surface area contributed by atoms with E-state index in [1.165, 1.54) is 0 Å². The Morgan fingerprint density at radius 1 is 1.29 bits per heavy atom. The molecule has 0 unspecified atom stereocenters. The van der Waals surface area contributed by atoms with Crippen LogP contribution in [0.2, 0.25) is 0 Å². The fourth-order valence-corrected chi connectivity index (χ4v) is 3.13. The predicted molar refractivity (Wildman–Crippen MR) is 92.8 cm³/mol. The number of anilines is 1. The van der Waals surface area contributed by atoms with E-state index in [1.807, 2.05) is 19.1 Å². The van der Waals surface area contributed by atoms with Gasteiger partial charge in [-0.05, 0) is 31.4 Å². The van der Waals surface area contributed by atoms with E-state index in [1.54, 1.807) is 30.1 Å². The highest BCUT2D eigenvalue weighted by Crippen LogP contribution is 2.26. The van der Waals surface area contributed by atoms with Crippen LogP contribution in [0.4, 0.5) is 10.5 Å². The number of carbonyl (C=O) groups excluding carboxylic acids is 2. The maximum Gasteiger partial charge on any atom is 0.319 e. The third kappa shape index (κ3) is 3.06. The Morgan fingerprint density at radius 3 is 2.67 bits per heavy atom. The molecule has 0 bridgehead atoms. The van der Waals surface area contributed by atoms with E-state index in [-0.39, 0.29) is 17.9 Å². The van der Waals surface area contributed by atoms with Gasteiger partial charge in [-0.1, -0.05) is 6.07 Å². The molecule has 7 nitrogen and oxygen atoms in total. The molecule has 3 amide bonds. The quantitative estimate of drug-likeness (QED) is 0.886. The Morgan fingerprint density at radius 2 is 2.00 bits per heavy atom. The van der Waals surface area contributed by atoms with Crippen molar-refractivity contribution in [3.05, 3.63) is 23.9 Å². The normalized spacial score (nSPS) is 15.5. The van der Waals surface area contributed by atoms with Crippen molar-refractivity contribution in [1.29, 1.82) is 0 Å². The molecule has 0 aliphatic carbocycles. The summed E-state index contributed by atoms with van der Waals surface area (Å²) in [5.41, 5.74) is 2.72. The molecule has 1 fully saturated rings. The molecule has 1 aliphatic heterocycles. The molecule has 1 aromatic heterocycles. The highest BCUT2D eigenvalue weighted by atomic mass is 16.2. The Bertz CT molecular complexity index is 759. The fraction of sp³-hybridized carbons (Fsp3) is 0.471. The van der Waals surface area contributed by atoms with Gasteiger partial charge in [-0.2, -0.15) is 5.10 Å². The highest BCUT2D eigenvalue weighted by molar-refractivity contribution is 6.01. The summed E-state index contributed by atoms with van der Waals surface area (Å²) in [6.45, 7) is 3.24. The molecule has 128 valence electrons. The van der Waals surface area contributed by atoms with Crippen LogP contribution in [0, 0.1) is 12.8 Å². The van der Waals surface area contributed by atoms with Crippen LogP contribution in [0.1, 0.15) is 18.4 Å². The highest BCUT2D eigenvalue weighted by Gasteiger charge is 2.28. The lowest BCUT2D eigenvalue weighted by molar-refractivity contribution is -0.121. The number of piperidine rings is 1. The minimum Gasteiger partial charge on any atom is -0.331 e. The van der Waals surface area contributed by atoms with Crippen LogP contribution in [0.15, 0.2) is 18.3 Å². The molecular weight excluding hydrogens is 306 g/mol. The maximum absolute atomic E-state index is 12.6. The number of carbonyl (C=O) groups is 2. The molecule has 1 saturated heterocycles. The molecule has 1 aliphatic rings. The van der Waals surface area contributed by atoms with E-state index in [0.29, 0.717) is 25.9 Å². The van der Waals surface area contributed by atoms with Gasteiger partial charge in [-0.25, -0.2) is 4.79 Å². The molecule has 2 N–H and O–H groups in total. The summed E-state index contributed by atoms with van der Waals surface area (Å²) in [7, 11) is 3.49. The number of nitrogens with one attached hydrogen (secondary N) is 2. The molecule has 1 aromatic carbocycles. The molecule has 0 radical (unpaired) electrons. The first-order chi connectivity index (χ1) is 11.5. The molecule has 3 rings (SSSR count). The zero-order chi connectivity index (χ0) is 17.3. The Kier molecular flexibility index (Phi) is 4.42. The number of amides is 3. The minimum atomic E-state index is -0.0736. The van der Waals surface area contributed by atoms with Gasteiger partial charge in [0.05, 0.1) is 17.4 Å². The largest absolute Gasteiger partial charge is 0.331 e. The van der Waals surface area contributed by atoms with Crippen LogP contribution in [-0.4, -0.2) is 59.1 Å². The van der Waals surface area contributed by atoms with Crippen LogP contribution in [0.3, 0.4) is 0 Å². The number of aryl methyl sites for hydroxylation is 1. The zero-order valence-corrected chi connectivity index (χ0v) is 14.3. The second kappa shape index (κ2) is 6.51. The van der Waals surface area contributed by atoms with E-state index in [4.69, 9.17) is 0 Å². The first-order valence-electron chi connectivity index (χ1n) is 8.17. The second-order valence-corrected chi connectivity index (χ2v) is 6.52. The monoisotopic (exact) mass is 329 g/mol. The topological polar surface area (TPSA) is 81.3 Å². The van der Waals surface area contributed by atoms with Crippen molar-refractivity contribution >= 4 is 28.5 Å². The predicted octanol–water partition coefficient (Wildman–Crippen LogP) is 2.20. The van der Waals surface area contributed by atoms with Gasteiger partial charge in [0.1, 0.15) is 0 Å². The number of nitrogens with zero attached hydrogens (tertiary/aromatic N) is 3. The van der Waals surface area contributed by atoms with Crippen LogP contribution in [0.5, 0.6) is 0 Å². The van der Waals surface area contributed by atoms with Gasteiger partial charge >= 0.3 is 6.03 Å². The summed E-state index contributed by atoms with van der Waals surface area (Å²) in [5.74, 6) is -0.0674. The molecule has 0 atom stereocenters. The van der Waals surface area contributed by atoms with Crippen molar-refractivity contribution in [3.63, 3.8) is 0 Å². The number of H-pyrrole nitrogens is 1. The van der Waals surface area contributed by atoms with Crippen LogP contribution in [-0.2, 0) is 4.79 Å². The van der Waals surface area contributed by atoms with Gasteiger partial charge in [0.15, 0.2) is 0 Å². The number of likely N-dealkylation sites (tertiary alicyclic amines) is 1. The SMILES string of the molecule is Cc1ccc(NC(=O)C2CCN(C(=O)N(C)C)CC2)c2[nH]ncc12. The molecule has 7 heteroatoms. The van der Waals surface area contributed by atoms with Gasteiger partial charge in [0, 0.05) is 38.5 Å². The molecular formula is C17H23N5O2.